The third kappa shape index (κ3) is 2.67. The molecule has 24 heavy (non-hydrogen) atoms. The number of amides is 2. The Hall–Kier alpha value is -2.32. The number of anilines is 1. The molecule has 128 valence electrons. The van der Waals surface area contributed by atoms with E-state index in [-0.39, 0.29) is 6.42 Å². The van der Waals surface area contributed by atoms with E-state index in [0.717, 1.165) is 0 Å². The van der Waals surface area contributed by atoms with Crippen LogP contribution in [0.1, 0.15) is 6.42 Å². The van der Waals surface area contributed by atoms with E-state index in [1.165, 1.54) is 0 Å². The third-order valence-electron chi connectivity index (χ3n) is 4.77. The number of halogens is 1. The Labute approximate surface area is 142 Å². The largest absolute Gasteiger partial charge is 0.481 e. The molecule has 3 rings (SSSR count). The molecule has 2 aliphatic carbocycles. The first-order valence-corrected chi connectivity index (χ1v) is 7.70. The highest BCUT2D eigenvalue weighted by molar-refractivity contribution is 6.30. The van der Waals surface area contributed by atoms with Crippen LogP contribution in [0.15, 0.2) is 24.3 Å². The number of fused-ring (bicyclic) bond motifs is 1. The lowest BCUT2D eigenvalue weighted by Crippen LogP contribution is -2.52. The molecular formula is C15H16ClN3O5. The quantitative estimate of drug-likeness (QED) is 0.546. The number of carbonyl (C=O) groups excluding carboxylic acids is 1. The van der Waals surface area contributed by atoms with Crippen molar-refractivity contribution in [2.75, 3.05) is 5.32 Å². The van der Waals surface area contributed by atoms with Gasteiger partial charge < -0.3 is 26.6 Å². The molecular weight excluding hydrogens is 338 g/mol. The molecule has 0 aromatic heterocycles. The number of carboxylic acid groups (broad SMARTS) is 2. The second-order valence-corrected chi connectivity index (χ2v) is 6.67. The Kier molecular flexibility index (Phi) is 3.89. The van der Waals surface area contributed by atoms with Gasteiger partial charge in [-0.3, -0.25) is 9.59 Å². The van der Waals surface area contributed by atoms with Crippen LogP contribution in [0.2, 0.25) is 5.02 Å². The third-order valence-corrected chi connectivity index (χ3v) is 5.01. The van der Waals surface area contributed by atoms with Gasteiger partial charge in [-0.2, -0.15) is 0 Å². The summed E-state index contributed by atoms with van der Waals surface area (Å²) in [7, 11) is 0. The van der Waals surface area contributed by atoms with E-state index in [2.05, 4.69) is 10.6 Å². The lowest BCUT2D eigenvalue weighted by atomic mass is 9.90. The minimum atomic E-state index is -1.64. The van der Waals surface area contributed by atoms with Gasteiger partial charge in [0.2, 0.25) is 0 Å². The molecule has 5 atom stereocenters. The minimum Gasteiger partial charge on any atom is -0.481 e. The normalized spacial score (nSPS) is 33.4. The monoisotopic (exact) mass is 353 g/mol. The van der Waals surface area contributed by atoms with E-state index >= 15 is 0 Å². The van der Waals surface area contributed by atoms with Gasteiger partial charge in [0, 0.05) is 22.7 Å². The number of nitrogens with one attached hydrogen (secondary N) is 2. The van der Waals surface area contributed by atoms with Crippen molar-refractivity contribution in [3.05, 3.63) is 29.3 Å². The highest BCUT2D eigenvalue weighted by Gasteiger charge is 2.74. The van der Waals surface area contributed by atoms with Crippen molar-refractivity contribution in [3.8, 4) is 0 Å². The molecule has 9 heteroatoms. The summed E-state index contributed by atoms with van der Waals surface area (Å²) in [6.45, 7) is 0. The van der Waals surface area contributed by atoms with Crippen LogP contribution >= 0.6 is 11.6 Å². The van der Waals surface area contributed by atoms with Crippen LogP contribution in [-0.2, 0) is 9.59 Å². The summed E-state index contributed by atoms with van der Waals surface area (Å²) >= 11 is 5.84. The summed E-state index contributed by atoms with van der Waals surface area (Å²) < 4.78 is 0. The van der Waals surface area contributed by atoms with E-state index < -0.39 is 47.3 Å². The van der Waals surface area contributed by atoms with E-state index in [1.54, 1.807) is 24.3 Å². The number of aliphatic carboxylic acids is 2. The smallest absolute Gasteiger partial charge is 0.324 e. The van der Waals surface area contributed by atoms with Gasteiger partial charge in [0.1, 0.15) is 5.54 Å². The Balaban J connectivity index is 1.70. The molecule has 2 fully saturated rings. The van der Waals surface area contributed by atoms with Crippen LogP contribution in [-0.4, -0.2) is 39.8 Å². The van der Waals surface area contributed by atoms with Crippen LogP contribution < -0.4 is 16.4 Å². The van der Waals surface area contributed by atoms with Crippen molar-refractivity contribution in [1.29, 1.82) is 0 Å². The fourth-order valence-corrected chi connectivity index (χ4v) is 3.92. The summed E-state index contributed by atoms with van der Waals surface area (Å²) in [5, 5.41) is 24.2. The molecule has 8 nitrogen and oxygen atoms in total. The predicted octanol–water partition coefficient (Wildman–Crippen LogP) is 0.963. The first-order chi connectivity index (χ1) is 11.2. The van der Waals surface area contributed by atoms with Gasteiger partial charge >= 0.3 is 18.0 Å². The highest BCUT2D eigenvalue weighted by Crippen LogP contribution is 2.61. The Morgan fingerprint density at radius 2 is 2.00 bits per heavy atom. The predicted molar refractivity (Wildman–Crippen MR) is 84.7 cm³/mol. The van der Waals surface area contributed by atoms with Gasteiger partial charge in [-0.15, -0.1) is 0 Å². The number of rotatable bonds is 4. The standard InChI is InChI=1S/C15H16ClN3O5/c16-6-2-1-3-7(4-6)18-14(24)19-8-5-15(17,13(22)23)11-9(8)10(11)12(20)21/h1-4,8-11H,5,17H2,(H,20,21)(H,22,23)(H2,18,19,24). The molecule has 1 aromatic carbocycles. The van der Waals surface area contributed by atoms with Gasteiger partial charge in [0.15, 0.2) is 0 Å². The van der Waals surface area contributed by atoms with Gasteiger partial charge in [-0.05, 0) is 30.5 Å². The highest BCUT2D eigenvalue weighted by atomic mass is 35.5. The lowest BCUT2D eigenvalue weighted by Gasteiger charge is -2.25. The number of urea groups is 1. The number of carbonyl (C=O) groups is 3. The summed E-state index contributed by atoms with van der Waals surface area (Å²) in [5.74, 6) is -4.35. The number of hydrogen-bond donors (Lipinski definition) is 5. The molecule has 0 aliphatic heterocycles. The van der Waals surface area contributed by atoms with E-state index in [9.17, 15) is 24.6 Å². The van der Waals surface area contributed by atoms with E-state index in [4.69, 9.17) is 17.3 Å². The van der Waals surface area contributed by atoms with Crippen molar-refractivity contribution in [3.63, 3.8) is 0 Å². The maximum atomic E-state index is 12.1. The molecule has 0 saturated heterocycles. The Bertz CT molecular complexity index is 727. The van der Waals surface area contributed by atoms with Crippen molar-refractivity contribution < 1.29 is 24.6 Å². The van der Waals surface area contributed by atoms with Crippen molar-refractivity contribution in [1.82, 2.24) is 5.32 Å². The summed E-state index contributed by atoms with van der Waals surface area (Å²) in [4.78, 5) is 34.8. The molecule has 2 saturated carbocycles. The summed E-state index contributed by atoms with van der Waals surface area (Å²) in [5.41, 5.74) is 4.73. The maximum absolute atomic E-state index is 12.1. The SMILES string of the molecule is NC1(C(=O)O)CC(NC(=O)Nc2cccc(Cl)c2)C2C(C(=O)O)C21. The average Bonchev–Trinajstić information content (AvgIpc) is 3.16. The molecule has 1 aromatic rings. The van der Waals surface area contributed by atoms with Crippen molar-refractivity contribution in [2.24, 2.45) is 23.5 Å². The fourth-order valence-electron chi connectivity index (χ4n) is 3.73. The van der Waals surface area contributed by atoms with Crippen molar-refractivity contribution in [2.45, 2.75) is 18.0 Å². The molecule has 0 bridgehead atoms. The van der Waals surface area contributed by atoms with Gasteiger partial charge in [0.25, 0.3) is 0 Å². The molecule has 2 aliphatic rings. The van der Waals surface area contributed by atoms with Crippen molar-refractivity contribution >= 4 is 35.3 Å². The van der Waals surface area contributed by atoms with E-state index in [0.29, 0.717) is 10.7 Å². The summed E-state index contributed by atoms with van der Waals surface area (Å²) in [6.07, 6.45) is -0.00951. The fraction of sp³-hybridized carbons (Fsp3) is 0.400. The van der Waals surface area contributed by atoms with Crippen LogP contribution in [0.25, 0.3) is 0 Å². The van der Waals surface area contributed by atoms with Gasteiger partial charge in [0.05, 0.1) is 5.92 Å². The number of carboxylic acids is 2. The molecule has 5 unspecified atom stereocenters. The first kappa shape index (κ1) is 16.5. The molecule has 2 amide bonds. The molecule has 6 N–H and O–H groups in total. The van der Waals surface area contributed by atoms with Crippen LogP contribution in [0, 0.1) is 17.8 Å². The van der Waals surface area contributed by atoms with Gasteiger partial charge in [-0.1, -0.05) is 17.7 Å². The topological polar surface area (TPSA) is 142 Å². The van der Waals surface area contributed by atoms with E-state index in [1.807, 2.05) is 0 Å². The Morgan fingerprint density at radius 3 is 2.58 bits per heavy atom. The van der Waals surface area contributed by atoms with Crippen LogP contribution in [0.4, 0.5) is 10.5 Å². The zero-order chi connectivity index (χ0) is 17.6. The van der Waals surface area contributed by atoms with Crippen LogP contribution in [0.5, 0.6) is 0 Å². The molecule has 0 heterocycles. The first-order valence-electron chi connectivity index (χ1n) is 7.32. The average molecular weight is 354 g/mol. The maximum Gasteiger partial charge on any atom is 0.324 e. The zero-order valence-corrected chi connectivity index (χ0v) is 13.2. The lowest BCUT2D eigenvalue weighted by molar-refractivity contribution is -0.145. The summed E-state index contributed by atoms with van der Waals surface area (Å²) in [6, 6.07) is 5.34. The number of hydrogen-bond acceptors (Lipinski definition) is 4. The second kappa shape index (κ2) is 5.64. The zero-order valence-electron chi connectivity index (χ0n) is 12.4. The second-order valence-electron chi connectivity index (χ2n) is 6.23. The molecule has 0 radical (unpaired) electrons. The molecule has 0 spiro atoms. The van der Waals surface area contributed by atoms with Crippen LogP contribution in [0.3, 0.4) is 0 Å². The minimum absolute atomic E-state index is 0.00951. The van der Waals surface area contributed by atoms with Gasteiger partial charge in [-0.25, -0.2) is 4.79 Å². The number of benzene rings is 1. The number of nitrogens with two attached hydrogens (primary N) is 1. The Morgan fingerprint density at radius 1 is 1.29 bits per heavy atom.